The summed E-state index contributed by atoms with van der Waals surface area (Å²) >= 11 is 6.06. The number of para-hydroxylation sites is 1. The van der Waals surface area contributed by atoms with Crippen molar-refractivity contribution in [1.29, 1.82) is 0 Å². The van der Waals surface area contributed by atoms with Gasteiger partial charge in [-0.3, -0.25) is 9.47 Å². The molecule has 164 valence electrons. The second kappa shape index (κ2) is 9.32. The summed E-state index contributed by atoms with van der Waals surface area (Å²) in [6.45, 7) is 3.04. The molecule has 0 amide bonds. The van der Waals surface area contributed by atoms with Gasteiger partial charge in [-0.05, 0) is 49.5 Å². The van der Waals surface area contributed by atoms with E-state index < -0.39 is 17.0 Å². The summed E-state index contributed by atoms with van der Waals surface area (Å²) in [5.74, 6) is 0.251. The molecule has 4 nitrogen and oxygen atoms in total. The molecule has 1 aromatic heterocycles. The van der Waals surface area contributed by atoms with Crippen LogP contribution < -0.4 is 4.74 Å². The van der Waals surface area contributed by atoms with Crippen molar-refractivity contribution in [2.24, 2.45) is 5.92 Å². The minimum Gasteiger partial charge on any atom is -0.464 e. The Bertz CT molecular complexity index is 985. The average Bonchev–Trinajstić information content (AvgIpc) is 3.11. The molecular weight excluding hydrogens is 427 g/mol. The number of ether oxygens (including phenoxy) is 1. The van der Waals surface area contributed by atoms with E-state index in [1.807, 2.05) is 18.2 Å². The fourth-order valence-corrected chi connectivity index (χ4v) is 4.12. The molecule has 0 radical (unpaired) electrons. The largest absolute Gasteiger partial charge is 0.464 e. The van der Waals surface area contributed by atoms with Crippen LogP contribution in [-0.2, 0) is 12.7 Å². The van der Waals surface area contributed by atoms with Crippen LogP contribution in [0.15, 0.2) is 60.7 Å². The SMILES string of the molecule is FC(F)(F)c1nc(OCC2CCN(Cc3ccccc3)CC2)n(-c2ccccc2)c1Cl. The van der Waals surface area contributed by atoms with E-state index in [4.69, 9.17) is 16.3 Å². The monoisotopic (exact) mass is 449 g/mol. The Morgan fingerprint density at radius 1 is 0.968 bits per heavy atom. The third-order valence-electron chi connectivity index (χ3n) is 5.48. The van der Waals surface area contributed by atoms with Gasteiger partial charge in [-0.25, -0.2) is 0 Å². The first-order chi connectivity index (χ1) is 14.9. The van der Waals surface area contributed by atoms with Crippen LogP contribution in [0.2, 0.25) is 5.15 Å². The Labute approximate surface area is 184 Å². The summed E-state index contributed by atoms with van der Waals surface area (Å²) in [7, 11) is 0. The minimum atomic E-state index is -4.65. The topological polar surface area (TPSA) is 30.3 Å². The van der Waals surface area contributed by atoms with E-state index >= 15 is 0 Å². The van der Waals surface area contributed by atoms with E-state index in [-0.39, 0.29) is 11.9 Å². The maximum Gasteiger partial charge on any atom is 0.436 e. The van der Waals surface area contributed by atoms with Crippen LogP contribution in [0.3, 0.4) is 0 Å². The Kier molecular flexibility index (Phi) is 6.53. The highest BCUT2D eigenvalue weighted by Crippen LogP contribution is 2.38. The van der Waals surface area contributed by atoms with Crippen molar-refractivity contribution in [1.82, 2.24) is 14.5 Å². The molecule has 3 aromatic rings. The molecule has 31 heavy (non-hydrogen) atoms. The van der Waals surface area contributed by atoms with E-state index in [1.54, 1.807) is 30.3 Å². The zero-order valence-electron chi connectivity index (χ0n) is 16.9. The average molecular weight is 450 g/mol. The number of aromatic nitrogens is 2. The van der Waals surface area contributed by atoms with Crippen molar-refractivity contribution in [3.05, 3.63) is 77.1 Å². The van der Waals surface area contributed by atoms with E-state index in [0.29, 0.717) is 12.3 Å². The molecule has 4 rings (SSSR count). The van der Waals surface area contributed by atoms with Gasteiger partial charge in [0, 0.05) is 6.54 Å². The molecule has 1 aliphatic rings. The van der Waals surface area contributed by atoms with Gasteiger partial charge >= 0.3 is 12.2 Å². The number of imidazole rings is 1. The lowest BCUT2D eigenvalue weighted by Gasteiger charge is -2.31. The van der Waals surface area contributed by atoms with Crippen LogP contribution in [0.25, 0.3) is 5.69 Å². The predicted octanol–water partition coefficient (Wildman–Crippen LogP) is 5.84. The lowest BCUT2D eigenvalue weighted by atomic mass is 9.97. The summed E-state index contributed by atoms with van der Waals surface area (Å²) in [5.41, 5.74) is 0.616. The molecule has 2 heterocycles. The van der Waals surface area contributed by atoms with Gasteiger partial charge in [-0.2, -0.15) is 18.2 Å². The van der Waals surface area contributed by atoms with E-state index in [2.05, 4.69) is 22.0 Å². The minimum absolute atomic E-state index is 0.129. The van der Waals surface area contributed by atoms with Crippen LogP contribution in [0.1, 0.15) is 24.1 Å². The van der Waals surface area contributed by atoms with Crippen LogP contribution >= 0.6 is 11.6 Å². The maximum absolute atomic E-state index is 13.4. The summed E-state index contributed by atoms with van der Waals surface area (Å²) in [5, 5.41) is -0.494. The van der Waals surface area contributed by atoms with Gasteiger partial charge in [-0.15, -0.1) is 0 Å². The van der Waals surface area contributed by atoms with Crippen LogP contribution in [0.4, 0.5) is 13.2 Å². The highest BCUT2D eigenvalue weighted by Gasteiger charge is 2.39. The van der Waals surface area contributed by atoms with Crippen molar-refractivity contribution in [3.8, 4) is 11.7 Å². The molecule has 1 saturated heterocycles. The van der Waals surface area contributed by atoms with Crippen LogP contribution in [0.5, 0.6) is 6.01 Å². The van der Waals surface area contributed by atoms with E-state index in [1.165, 1.54) is 10.1 Å². The number of alkyl halides is 3. The quantitative estimate of drug-likeness (QED) is 0.474. The van der Waals surface area contributed by atoms with Crippen LogP contribution in [0, 0.1) is 5.92 Å². The molecule has 0 saturated carbocycles. The smallest absolute Gasteiger partial charge is 0.436 e. The molecule has 0 aliphatic carbocycles. The van der Waals surface area contributed by atoms with Gasteiger partial charge in [0.25, 0.3) is 0 Å². The van der Waals surface area contributed by atoms with Crippen molar-refractivity contribution >= 4 is 11.6 Å². The fraction of sp³-hybridized carbons (Fsp3) is 0.348. The summed E-state index contributed by atoms with van der Waals surface area (Å²) in [4.78, 5) is 6.07. The van der Waals surface area contributed by atoms with Gasteiger partial charge in [0.2, 0.25) is 0 Å². The highest BCUT2D eigenvalue weighted by molar-refractivity contribution is 6.30. The first kappa shape index (κ1) is 21.7. The molecule has 0 atom stereocenters. The summed E-state index contributed by atoms with van der Waals surface area (Å²) in [6.07, 6.45) is -2.82. The van der Waals surface area contributed by atoms with Crippen molar-refractivity contribution in [2.45, 2.75) is 25.6 Å². The molecule has 0 N–H and O–H groups in total. The standard InChI is InChI=1S/C23H23ClF3N3O/c24-21-20(23(25,26)27)28-22(30(21)19-9-5-2-6-10-19)31-16-18-11-13-29(14-12-18)15-17-7-3-1-4-8-17/h1-10,18H,11-16H2. The Morgan fingerprint density at radius 2 is 1.58 bits per heavy atom. The van der Waals surface area contributed by atoms with Gasteiger partial charge in [0.15, 0.2) is 5.69 Å². The van der Waals surface area contributed by atoms with E-state index in [9.17, 15) is 13.2 Å². The zero-order chi connectivity index (χ0) is 21.8. The van der Waals surface area contributed by atoms with Crippen molar-refractivity contribution in [3.63, 3.8) is 0 Å². The molecule has 8 heteroatoms. The molecule has 1 fully saturated rings. The van der Waals surface area contributed by atoms with Crippen molar-refractivity contribution in [2.75, 3.05) is 19.7 Å². The van der Waals surface area contributed by atoms with Crippen LogP contribution in [-0.4, -0.2) is 34.1 Å². The fourth-order valence-electron chi connectivity index (χ4n) is 3.80. The molecule has 0 bridgehead atoms. The Balaban J connectivity index is 1.42. The molecule has 0 spiro atoms. The maximum atomic E-state index is 13.4. The Morgan fingerprint density at radius 3 is 2.19 bits per heavy atom. The number of nitrogens with zero attached hydrogens (tertiary/aromatic N) is 3. The molecular formula is C23H23ClF3N3O. The number of benzene rings is 2. The number of rotatable bonds is 6. The molecule has 1 aliphatic heterocycles. The number of hydrogen-bond acceptors (Lipinski definition) is 3. The summed E-state index contributed by atoms with van der Waals surface area (Å²) < 4.78 is 47.1. The van der Waals surface area contributed by atoms with Crippen molar-refractivity contribution < 1.29 is 17.9 Å². The first-order valence-electron chi connectivity index (χ1n) is 10.2. The zero-order valence-corrected chi connectivity index (χ0v) is 17.6. The number of halogens is 4. The Hall–Kier alpha value is -2.51. The second-order valence-electron chi connectivity index (χ2n) is 7.72. The molecule has 0 unspecified atom stereocenters. The third kappa shape index (κ3) is 5.22. The summed E-state index contributed by atoms with van der Waals surface area (Å²) in [6, 6.07) is 18.7. The van der Waals surface area contributed by atoms with Gasteiger partial charge in [0.05, 0.1) is 12.3 Å². The first-order valence-corrected chi connectivity index (χ1v) is 10.6. The number of hydrogen-bond donors (Lipinski definition) is 0. The third-order valence-corrected chi connectivity index (χ3v) is 5.83. The van der Waals surface area contributed by atoms with E-state index in [0.717, 1.165) is 32.5 Å². The van der Waals surface area contributed by atoms with Gasteiger partial charge < -0.3 is 4.74 Å². The normalized spacial score (nSPS) is 15.9. The molecule has 2 aromatic carbocycles. The van der Waals surface area contributed by atoms with Gasteiger partial charge in [-0.1, -0.05) is 60.1 Å². The predicted molar refractivity (Wildman–Crippen MR) is 114 cm³/mol. The highest BCUT2D eigenvalue weighted by atomic mass is 35.5. The lowest BCUT2D eigenvalue weighted by molar-refractivity contribution is -0.141. The second-order valence-corrected chi connectivity index (χ2v) is 8.08. The lowest BCUT2D eigenvalue weighted by Crippen LogP contribution is -2.35. The number of likely N-dealkylation sites (tertiary alicyclic amines) is 1. The number of piperidine rings is 1. The van der Waals surface area contributed by atoms with Gasteiger partial charge in [0.1, 0.15) is 5.15 Å².